The van der Waals surface area contributed by atoms with E-state index in [-0.39, 0.29) is 17.6 Å². The van der Waals surface area contributed by atoms with Gasteiger partial charge in [-0.2, -0.15) is 0 Å². The summed E-state index contributed by atoms with van der Waals surface area (Å²) in [6.07, 6.45) is 8.32. The summed E-state index contributed by atoms with van der Waals surface area (Å²) in [7, 11) is 0. The second-order valence-corrected chi connectivity index (χ2v) is 12.2. The Morgan fingerprint density at radius 2 is 2.12 bits per heavy atom. The number of nitrogens with one attached hydrogen (secondary N) is 1. The van der Waals surface area contributed by atoms with Gasteiger partial charge in [0.25, 0.3) is 0 Å². The van der Waals surface area contributed by atoms with Gasteiger partial charge in [-0.05, 0) is 69.4 Å². The highest BCUT2D eigenvalue weighted by Crippen LogP contribution is 2.63. The van der Waals surface area contributed by atoms with E-state index in [0.717, 1.165) is 104 Å². The number of anilines is 3. The molecule has 4 aromatic heterocycles. The van der Waals surface area contributed by atoms with E-state index in [1.165, 1.54) is 0 Å². The lowest BCUT2D eigenvalue weighted by Gasteiger charge is -2.28. The molecule has 1 amide bonds. The van der Waals surface area contributed by atoms with Crippen molar-refractivity contribution in [3.8, 4) is 0 Å². The molecule has 3 fully saturated rings. The van der Waals surface area contributed by atoms with Crippen LogP contribution in [0, 0.1) is 18.8 Å². The summed E-state index contributed by atoms with van der Waals surface area (Å²) in [5.41, 5.74) is 4.06. The normalized spacial score (nSPS) is 26.7. The van der Waals surface area contributed by atoms with Gasteiger partial charge in [0, 0.05) is 50.5 Å². The summed E-state index contributed by atoms with van der Waals surface area (Å²) in [4.78, 5) is 30.8. The second kappa shape index (κ2) is 10.2. The largest absolute Gasteiger partial charge is 0.465 e. The number of piperidine rings is 1. The minimum absolute atomic E-state index is 0.188. The average molecular weight is 586 g/mol. The lowest BCUT2D eigenvalue weighted by molar-refractivity contribution is -0.0368. The quantitative estimate of drug-likeness (QED) is 0.339. The van der Waals surface area contributed by atoms with Gasteiger partial charge >= 0.3 is 6.09 Å². The fourth-order valence-electron chi connectivity index (χ4n) is 7.67. The van der Waals surface area contributed by atoms with E-state index < -0.39 is 6.09 Å². The van der Waals surface area contributed by atoms with E-state index in [1.807, 2.05) is 36.1 Å². The first-order chi connectivity index (χ1) is 21.0. The van der Waals surface area contributed by atoms with Gasteiger partial charge in [-0.15, -0.1) is 5.10 Å². The molecule has 43 heavy (non-hydrogen) atoms. The number of carbonyl (C=O) groups is 1. The van der Waals surface area contributed by atoms with Crippen molar-refractivity contribution in [3.05, 3.63) is 47.7 Å². The fraction of sp³-hybridized carbons (Fsp3) is 0.533. The molecule has 3 aliphatic heterocycles. The molecular formula is C30H35N9O4. The van der Waals surface area contributed by atoms with E-state index in [2.05, 4.69) is 31.3 Å². The lowest BCUT2D eigenvalue weighted by atomic mass is 9.96. The predicted octanol–water partition coefficient (Wildman–Crippen LogP) is 3.96. The van der Waals surface area contributed by atoms with Crippen LogP contribution in [0.3, 0.4) is 0 Å². The molecule has 4 aliphatic rings. The molecule has 0 aromatic carbocycles. The minimum Gasteiger partial charge on any atom is -0.465 e. The Bertz CT molecular complexity index is 1680. The summed E-state index contributed by atoms with van der Waals surface area (Å²) < 4.78 is 13.5. The van der Waals surface area contributed by atoms with Crippen LogP contribution < -0.4 is 15.1 Å². The molecule has 4 atom stereocenters. The first kappa shape index (κ1) is 26.4. The van der Waals surface area contributed by atoms with Crippen LogP contribution >= 0.6 is 0 Å². The number of nitrogens with zero attached hydrogens (tertiary/aromatic N) is 8. The van der Waals surface area contributed by atoms with E-state index in [9.17, 15) is 9.90 Å². The first-order valence-electron chi connectivity index (χ1n) is 15.3. The van der Waals surface area contributed by atoms with Crippen molar-refractivity contribution in [3.63, 3.8) is 0 Å². The molecule has 2 N–H and O–H groups in total. The van der Waals surface area contributed by atoms with Crippen molar-refractivity contribution < 1.29 is 19.2 Å². The smallest absolute Gasteiger partial charge is 0.404 e. The number of hydrogen-bond acceptors (Lipinski definition) is 10. The summed E-state index contributed by atoms with van der Waals surface area (Å²) in [5.74, 6) is 2.84. The van der Waals surface area contributed by atoms with Crippen LogP contribution in [0.15, 0.2) is 35.1 Å². The Morgan fingerprint density at radius 3 is 2.93 bits per heavy atom. The number of carboxylic acid groups (broad SMARTS) is 1. The van der Waals surface area contributed by atoms with Crippen molar-refractivity contribution in [2.45, 2.75) is 57.1 Å². The van der Waals surface area contributed by atoms with Crippen molar-refractivity contribution in [2.24, 2.45) is 11.8 Å². The van der Waals surface area contributed by atoms with Gasteiger partial charge in [-0.25, -0.2) is 19.4 Å². The van der Waals surface area contributed by atoms with Gasteiger partial charge in [0.15, 0.2) is 23.2 Å². The zero-order valence-corrected chi connectivity index (χ0v) is 24.1. The molecule has 8 rings (SSSR count). The maximum atomic E-state index is 11.5. The fourth-order valence-corrected chi connectivity index (χ4v) is 7.67. The lowest BCUT2D eigenvalue weighted by Crippen LogP contribution is -2.35. The predicted molar refractivity (Wildman–Crippen MR) is 156 cm³/mol. The number of ether oxygens (including phenoxy) is 1. The van der Waals surface area contributed by atoms with Gasteiger partial charge in [0.05, 0.1) is 23.3 Å². The highest BCUT2D eigenvalue weighted by atomic mass is 16.5. The first-order valence-corrected chi connectivity index (χ1v) is 15.3. The number of hydrogen-bond donors (Lipinski definition) is 2. The SMILES string of the molecule is Cc1cc(C2(CNC(=O)O)C3CCN(c4cnc5c(N6CCCc7ncccc76)nn(C6CCCCO6)c5n4)CC32)no1. The Morgan fingerprint density at radius 1 is 1.19 bits per heavy atom. The van der Waals surface area contributed by atoms with Gasteiger partial charge < -0.3 is 29.5 Å². The summed E-state index contributed by atoms with van der Waals surface area (Å²) in [5, 5.41) is 21.5. The molecule has 13 heteroatoms. The van der Waals surface area contributed by atoms with Crippen molar-refractivity contribution >= 4 is 34.6 Å². The van der Waals surface area contributed by atoms with E-state index in [1.54, 1.807) is 0 Å². The molecule has 0 radical (unpaired) electrons. The van der Waals surface area contributed by atoms with Crippen molar-refractivity contribution in [2.75, 3.05) is 42.6 Å². The van der Waals surface area contributed by atoms with E-state index in [0.29, 0.717) is 19.1 Å². The van der Waals surface area contributed by atoms with Gasteiger partial charge in [0.1, 0.15) is 11.6 Å². The Kier molecular flexibility index (Phi) is 6.24. The maximum absolute atomic E-state index is 11.5. The highest BCUT2D eigenvalue weighted by molar-refractivity contribution is 5.88. The number of rotatable bonds is 6. The molecule has 0 spiro atoms. The number of fused-ring (bicyclic) bond motifs is 3. The molecule has 4 unspecified atom stereocenters. The van der Waals surface area contributed by atoms with Crippen LogP contribution in [0.4, 0.5) is 22.1 Å². The van der Waals surface area contributed by atoms with Crippen LogP contribution in [0.1, 0.15) is 55.5 Å². The zero-order valence-electron chi connectivity index (χ0n) is 24.1. The number of pyridine rings is 1. The molecule has 7 heterocycles. The molecular weight excluding hydrogens is 550 g/mol. The topological polar surface area (TPSA) is 148 Å². The zero-order chi connectivity index (χ0) is 29.1. The van der Waals surface area contributed by atoms with Crippen molar-refractivity contribution in [1.82, 2.24) is 35.2 Å². The van der Waals surface area contributed by atoms with Gasteiger partial charge in [0.2, 0.25) is 0 Å². The molecule has 224 valence electrons. The molecule has 0 bridgehead atoms. The molecule has 1 aliphatic carbocycles. The molecule has 4 aromatic rings. The summed E-state index contributed by atoms with van der Waals surface area (Å²) in [6, 6.07) is 6.02. The second-order valence-electron chi connectivity index (χ2n) is 12.2. The highest BCUT2D eigenvalue weighted by Gasteiger charge is 2.68. The maximum Gasteiger partial charge on any atom is 0.404 e. The third kappa shape index (κ3) is 4.31. The van der Waals surface area contributed by atoms with Gasteiger partial charge in [-0.1, -0.05) is 5.16 Å². The molecule has 2 saturated heterocycles. The number of aryl methyl sites for hydroxylation is 2. The summed E-state index contributed by atoms with van der Waals surface area (Å²) in [6.45, 7) is 5.23. The van der Waals surface area contributed by atoms with Crippen LogP contribution in [0.5, 0.6) is 0 Å². The monoisotopic (exact) mass is 585 g/mol. The van der Waals surface area contributed by atoms with E-state index in [4.69, 9.17) is 24.3 Å². The third-order valence-corrected chi connectivity index (χ3v) is 9.80. The van der Waals surface area contributed by atoms with Gasteiger partial charge in [-0.3, -0.25) is 4.98 Å². The Balaban J connectivity index is 1.15. The molecule has 13 nitrogen and oxygen atoms in total. The van der Waals surface area contributed by atoms with Crippen LogP contribution in [-0.4, -0.2) is 73.9 Å². The molecule has 1 saturated carbocycles. The average Bonchev–Trinajstić information content (AvgIpc) is 3.26. The number of aromatic nitrogens is 6. The van der Waals surface area contributed by atoms with Crippen LogP contribution in [0.2, 0.25) is 0 Å². The van der Waals surface area contributed by atoms with Crippen LogP contribution in [0.25, 0.3) is 11.2 Å². The van der Waals surface area contributed by atoms with E-state index >= 15 is 0 Å². The van der Waals surface area contributed by atoms with Crippen molar-refractivity contribution in [1.29, 1.82) is 0 Å². The third-order valence-electron chi connectivity index (χ3n) is 9.80. The Labute approximate surface area is 248 Å². The standard InChI is InChI=1S/C30H35N9O4/c1-18-14-23(36-43-18)30(17-33-29(40)41)19-9-12-37(16-20(19)30)24-15-32-26-27(34-24)39(25-8-2-3-13-42-25)35-28(26)38-11-5-6-21-22(38)7-4-10-31-21/h4,7,10,14-15,19-20,25,33H,2-3,5-6,8-9,11-13,16-17H2,1H3,(H,40,41). The minimum atomic E-state index is -1.03. The van der Waals surface area contributed by atoms with Crippen LogP contribution in [-0.2, 0) is 16.6 Å². The number of amides is 1. The summed E-state index contributed by atoms with van der Waals surface area (Å²) >= 11 is 0. The Hall–Kier alpha value is -4.26.